The number of aliphatic hydroxyl groups is 1. The van der Waals surface area contributed by atoms with Crippen molar-refractivity contribution in [3.63, 3.8) is 0 Å². The molecule has 0 aliphatic rings. The molecule has 0 aliphatic heterocycles. The average molecular weight is 400 g/mol. The fraction of sp³-hybridized carbons (Fsp3) is 0.250. The van der Waals surface area contributed by atoms with Crippen LogP contribution in [0.25, 0.3) is 0 Å². The van der Waals surface area contributed by atoms with Crippen LogP contribution in [0, 0.1) is 13.8 Å². The van der Waals surface area contributed by atoms with Crippen molar-refractivity contribution in [1.29, 1.82) is 0 Å². The van der Waals surface area contributed by atoms with Crippen LogP contribution < -0.4 is 4.74 Å². The summed E-state index contributed by atoms with van der Waals surface area (Å²) in [5, 5.41) is 10.7. The van der Waals surface area contributed by atoms with Gasteiger partial charge in [0.1, 0.15) is 11.9 Å². The quantitative estimate of drug-likeness (QED) is 0.793. The Hall–Kier alpha value is -0.840. The molecule has 0 bridgehead atoms. The fourth-order valence-corrected chi connectivity index (χ4v) is 3.60. The van der Waals surface area contributed by atoms with Gasteiger partial charge in [0.05, 0.1) is 7.11 Å². The minimum atomic E-state index is -0.729. The minimum absolute atomic E-state index is 0.713. The summed E-state index contributed by atoms with van der Waals surface area (Å²) in [6.45, 7) is 4.00. The SMILES string of the molecule is COc1cc(C)cc(C)c1C(O)c1ccc(Br)cc1Br. The topological polar surface area (TPSA) is 29.5 Å². The van der Waals surface area contributed by atoms with Crippen molar-refractivity contribution < 1.29 is 9.84 Å². The van der Waals surface area contributed by atoms with E-state index in [-0.39, 0.29) is 0 Å². The molecule has 1 N–H and O–H groups in total. The number of methoxy groups -OCH3 is 1. The Morgan fingerprint density at radius 2 is 1.80 bits per heavy atom. The summed E-state index contributed by atoms with van der Waals surface area (Å²) < 4.78 is 7.26. The minimum Gasteiger partial charge on any atom is -0.496 e. The summed E-state index contributed by atoms with van der Waals surface area (Å²) in [6, 6.07) is 9.73. The van der Waals surface area contributed by atoms with Gasteiger partial charge in [-0.1, -0.05) is 44.0 Å². The molecular formula is C16H16Br2O2. The first kappa shape index (κ1) is 15.5. The molecule has 0 aromatic heterocycles. The van der Waals surface area contributed by atoms with Gasteiger partial charge in [-0.3, -0.25) is 0 Å². The van der Waals surface area contributed by atoms with E-state index in [1.807, 2.05) is 44.2 Å². The van der Waals surface area contributed by atoms with Gasteiger partial charge in [-0.25, -0.2) is 0 Å². The molecule has 1 unspecified atom stereocenters. The fourth-order valence-electron chi connectivity index (χ4n) is 2.34. The first-order chi connectivity index (χ1) is 9.43. The molecule has 2 aromatic rings. The van der Waals surface area contributed by atoms with E-state index in [2.05, 4.69) is 31.9 Å². The Kier molecular flexibility index (Phi) is 4.89. The van der Waals surface area contributed by atoms with Gasteiger partial charge in [0, 0.05) is 14.5 Å². The maximum Gasteiger partial charge on any atom is 0.125 e. The molecule has 0 aliphatic carbocycles. The Morgan fingerprint density at radius 1 is 1.10 bits per heavy atom. The lowest BCUT2D eigenvalue weighted by Gasteiger charge is -2.19. The third kappa shape index (κ3) is 3.08. The normalized spacial score (nSPS) is 12.3. The van der Waals surface area contributed by atoms with Gasteiger partial charge in [-0.15, -0.1) is 0 Å². The summed E-state index contributed by atoms with van der Waals surface area (Å²) in [5.41, 5.74) is 3.76. The molecule has 0 fully saturated rings. The number of benzene rings is 2. The molecule has 0 amide bonds. The second-order valence-corrected chi connectivity index (χ2v) is 6.54. The van der Waals surface area contributed by atoms with Crippen LogP contribution in [0.2, 0.25) is 0 Å². The molecule has 0 saturated carbocycles. The summed E-state index contributed by atoms with van der Waals surface area (Å²) in [5.74, 6) is 0.713. The second-order valence-electron chi connectivity index (χ2n) is 4.77. The summed E-state index contributed by atoms with van der Waals surface area (Å²) in [7, 11) is 1.63. The van der Waals surface area contributed by atoms with Crippen molar-refractivity contribution in [2.24, 2.45) is 0 Å². The third-order valence-corrected chi connectivity index (χ3v) is 4.42. The highest BCUT2D eigenvalue weighted by Gasteiger charge is 2.20. The van der Waals surface area contributed by atoms with E-state index in [0.717, 1.165) is 31.2 Å². The van der Waals surface area contributed by atoms with Gasteiger partial charge in [0.15, 0.2) is 0 Å². The molecule has 20 heavy (non-hydrogen) atoms. The number of aryl methyl sites for hydroxylation is 2. The molecule has 2 nitrogen and oxygen atoms in total. The van der Waals surface area contributed by atoms with Crippen LogP contribution in [0.4, 0.5) is 0 Å². The Bertz CT molecular complexity index is 639. The van der Waals surface area contributed by atoms with E-state index in [1.165, 1.54) is 0 Å². The lowest BCUT2D eigenvalue weighted by molar-refractivity contribution is 0.213. The molecule has 0 heterocycles. The van der Waals surface area contributed by atoms with Crippen molar-refractivity contribution in [2.45, 2.75) is 20.0 Å². The summed E-state index contributed by atoms with van der Waals surface area (Å²) >= 11 is 6.92. The highest BCUT2D eigenvalue weighted by atomic mass is 79.9. The van der Waals surface area contributed by atoms with Gasteiger partial charge < -0.3 is 9.84 Å². The number of hydrogen-bond donors (Lipinski definition) is 1. The molecule has 4 heteroatoms. The average Bonchev–Trinajstić information content (AvgIpc) is 2.37. The third-order valence-electron chi connectivity index (χ3n) is 3.24. The predicted molar refractivity (Wildman–Crippen MR) is 88.4 cm³/mol. The van der Waals surface area contributed by atoms with E-state index < -0.39 is 6.10 Å². The summed E-state index contributed by atoms with van der Waals surface area (Å²) in [4.78, 5) is 0. The van der Waals surface area contributed by atoms with Crippen LogP contribution in [0.15, 0.2) is 39.3 Å². The largest absolute Gasteiger partial charge is 0.496 e. The van der Waals surface area contributed by atoms with Crippen LogP contribution in [-0.4, -0.2) is 12.2 Å². The van der Waals surface area contributed by atoms with Crippen LogP contribution >= 0.6 is 31.9 Å². The van der Waals surface area contributed by atoms with E-state index in [0.29, 0.717) is 5.75 Å². The first-order valence-electron chi connectivity index (χ1n) is 6.22. The van der Waals surface area contributed by atoms with Crippen molar-refractivity contribution >= 4 is 31.9 Å². The Morgan fingerprint density at radius 3 is 2.40 bits per heavy atom. The monoisotopic (exact) mass is 398 g/mol. The predicted octanol–water partition coefficient (Wildman–Crippen LogP) is 4.92. The van der Waals surface area contributed by atoms with E-state index in [1.54, 1.807) is 7.11 Å². The van der Waals surface area contributed by atoms with Gasteiger partial charge in [0.25, 0.3) is 0 Å². The van der Waals surface area contributed by atoms with E-state index >= 15 is 0 Å². The molecule has 0 radical (unpaired) electrons. The van der Waals surface area contributed by atoms with Gasteiger partial charge in [0.2, 0.25) is 0 Å². The number of halogens is 2. The Balaban J connectivity index is 2.55. The lowest BCUT2D eigenvalue weighted by Crippen LogP contribution is -2.06. The molecule has 2 rings (SSSR count). The van der Waals surface area contributed by atoms with Gasteiger partial charge >= 0.3 is 0 Å². The molecule has 106 valence electrons. The van der Waals surface area contributed by atoms with Crippen molar-refractivity contribution in [3.8, 4) is 5.75 Å². The van der Waals surface area contributed by atoms with Crippen LogP contribution in [-0.2, 0) is 0 Å². The number of aliphatic hydroxyl groups excluding tert-OH is 1. The van der Waals surface area contributed by atoms with E-state index in [4.69, 9.17) is 4.74 Å². The van der Waals surface area contributed by atoms with Crippen LogP contribution in [0.3, 0.4) is 0 Å². The van der Waals surface area contributed by atoms with Crippen molar-refractivity contribution in [1.82, 2.24) is 0 Å². The number of rotatable bonds is 3. The molecule has 0 spiro atoms. The zero-order valence-electron chi connectivity index (χ0n) is 11.6. The smallest absolute Gasteiger partial charge is 0.125 e. The lowest BCUT2D eigenvalue weighted by atomic mass is 9.95. The van der Waals surface area contributed by atoms with Gasteiger partial charge in [-0.2, -0.15) is 0 Å². The molecule has 2 aromatic carbocycles. The highest BCUT2D eigenvalue weighted by molar-refractivity contribution is 9.11. The molecular weight excluding hydrogens is 384 g/mol. The first-order valence-corrected chi connectivity index (χ1v) is 7.80. The van der Waals surface area contributed by atoms with Crippen LogP contribution in [0.5, 0.6) is 5.75 Å². The van der Waals surface area contributed by atoms with Crippen LogP contribution in [0.1, 0.15) is 28.4 Å². The summed E-state index contributed by atoms with van der Waals surface area (Å²) in [6.07, 6.45) is -0.729. The second kappa shape index (κ2) is 6.29. The molecule has 0 saturated heterocycles. The molecule has 1 atom stereocenters. The number of hydrogen-bond acceptors (Lipinski definition) is 2. The van der Waals surface area contributed by atoms with E-state index in [9.17, 15) is 5.11 Å². The zero-order chi connectivity index (χ0) is 14.9. The highest BCUT2D eigenvalue weighted by Crippen LogP contribution is 2.37. The standard InChI is InChI=1S/C16H16Br2O2/c1-9-6-10(2)15(14(7-9)20-3)16(19)12-5-4-11(17)8-13(12)18/h4-8,16,19H,1-3H3. The number of ether oxygens (including phenoxy) is 1. The van der Waals surface area contributed by atoms with Crippen molar-refractivity contribution in [2.75, 3.05) is 7.11 Å². The maximum absolute atomic E-state index is 10.7. The Labute approximate surface area is 136 Å². The van der Waals surface area contributed by atoms with Crippen molar-refractivity contribution in [3.05, 3.63) is 61.5 Å². The van der Waals surface area contributed by atoms with Gasteiger partial charge in [-0.05, 0) is 48.7 Å². The zero-order valence-corrected chi connectivity index (χ0v) is 14.7. The maximum atomic E-state index is 10.7.